The van der Waals surface area contributed by atoms with Crippen LogP contribution < -0.4 is 9.64 Å². The van der Waals surface area contributed by atoms with Crippen molar-refractivity contribution in [3.05, 3.63) is 79.0 Å². The average Bonchev–Trinajstić information content (AvgIpc) is 3.36. The van der Waals surface area contributed by atoms with Gasteiger partial charge in [0, 0.05) is 42.8 Å². The summed E-state index contributed by atoms with van der Waals surface area (Å²) >= 11 is 0. The number of pyridine rings is 1. The molecule has 1 aliphatic rings. The summed E-state index contributed by atoms with van der Waals surface area (Å²) in [7, 11) is 0. The Morgan fingerprint density at radius 2 is 1.84 bits per heavy atom. The molecule has 0 aliphatic carbocycles. The molecule has 0 unspecified atom stereocenters. The maximum Gasteiger partial charge on any atom is 0.166 e. The molecule has 0 bridgehead atoms. The Kier molecular flexibility index (Phi) is 5.33. The SMILES string of the molecule is Fc1cc(-c2cccc(N3CCOCC3)c2)ccc1Oc1ccnc(-c2cn[nH]c2)c1. The van der Waals surface area contributed by atoms with Gasteiger partial charge in [-0.25, -0.2) is 4.39 Å². The lowest BCUT2D eigenvalue weighted by atomic mass is 10.0. The summed E-state index contributed by atoms with van der Waals surface area (Å²) in [6.45, 7) is 3.17. The molecule has 1 fully saturated rings. The number of anilines is 1. The van der Waals surface area contributed by atoms with Crippen LogP contribution in [0.25, 0.3) is 22.4 Å². The predicted molar refractivity (Wildman–Crippen MR) is 117 cm³/mol. The van der Waals surface area contributed by atoms with Crippen molar-refractivity contribution in [1.82, 2.24) is 15.2 Å². The maximum absolute atomic E-state index is 14.9. The van der Waals surface area contributed by atoms with Crippen LogP contribution in [0.3, 0.4) is 0 Å². The Morgan fingerprint density at radius 3 is 2.65 bits per heavy atom. The number of nitrogens with zero attached hydrogens (tertiary/aromatic N) is 3. The molecule has 7 heteroatoms. The first-order chi connectivity index (χ1) is 15.3. The first-order valence-corrected chi connectivity index (χ1v) is 10.1. The highest BCUT2D eigenvalue weighted by atomic mass is 19.1. The van der Waals surface area contributed by atoms with Crippen LogP contribution in [0, 0.1) is 5.82 Å². The van der Waals surface area contributed by atoms with Crippen LogP contribution in [0.4, 0.5) is 10.1 Å². The third-order valence-electron chi connectivity index (χ3n) is 5.24. The van der Waals surface area contributed by atoms with Crippen LogP contribution in [0.2, 0.25) is 0 Å². The number of benzene rings is 2. The first kappa shape index (κ1) is 19.3. The van der Waals surface area contributed by atoms with E-state index in [0.29, 0.717) is 11.4 Å². The number of aromatic nitrogens is 3. The number of hydrogen-bond donors (Lipinski definition) is 1. The van der Waals surface area contributed by atoms with Crippen molar-refractivity contribution in [3.63, 3.8) is 0 Å². The zero-order valence-electron chi connectivity index (χ0n) is 16.8. The molecular weight excluding hydrogens is 395 g/mol. The normalized spacial score (nSPS) is 13.9. The molecule has 3 heterocycles. The third kappa shape index (κ3) is 4.27. The lowest BCUT2D eigenvalue weighted by molar-refractivity contribution is 0.122. The number of aromatic amines is 1. The highest BCUT2D eigenvalue weighted by Gasteiger charge is 2.13. The van der Waals surface area contributed by atoms with Crippen LogP contribution >= 0.6 is 0 Å². The second kappa shape index (κ2) is 8.57. The van der Waals surface area contributed by atoms with Crippen molar-refractivity contribution < 1.29 is 13.9 Å². The molecule has 4 aromatic rings. The van der Waals surface area contributed by atoms with Gasteiger partial charge in [-0.1, -0.05) is 18.2 Å². The maximum atomic E-state index is 14.9. The van der Waals surface area contributed by atoms with Gasteiger partial charge in [0.1, 0.15) is 5.75 Å². The van der Waals surface area contributed by atoms with E-state index in [1.54, 1.807) is 36.8 Å². The van der Waals surface area contributed by atoms with E-state index in [2.05, 4.69) is 32.2 Å². The summed E-state index contributed by atoms with van der Waals surface area (Å²) < 4.78 is 26.1. The molecule has 0 saturated carbocycles. The molecule has 0 atom stereocenters. The van der Waals surface area contributed by atoms with E-state index in [1.165, 1.54) is 6.07 Å². The van der Waals surface area contributed by atoms with Gasteiger partial charge in [-0.15, -0.1) is 0 Å². The number of ether oxygens (including phenoxy) is 2. The van der Waals surface area contributed by atoms with Gasteiger partial charge in [0.25, 0.3) is 0 Å². The van der Waals surface area contributed by atoms with Gasteiger partial charge in [0.15, 0.2) is 11.6 Å². The van der Waals surface area contributed by atoms with Crippen LogP contribution in [0.5, 0.6) is 11.5 Å². The van der Waals surface area contributed by atoms with Gasteiger partial charge in [0.2, 0.25) is 0 Å². The second-order valence-electron chi connectivity index (χ2n) is 7.26. The van der Waals surface area contributed by atoms with E-state index >= 15 is 0 Å². The number of halogens is 1. The molecule has 0 amide bonds. The minimum absolute atomic E-state index is 0.164. The van der Waals surface area contributed by atoms with Gasteiger partial charge in [0.05, 0.1) is 25.1 Å². The van der Waals surface area contributed by atoms with E-state index in [1.807, 2.05) is 18.2 Å². The summed E-state index contributed by atoms with van der Waals surface area (Å²) in [4.78, 5) is 6.58. The molecule has 31 heavy (non-hydrogen) atoms. The molecular formula is C24H21FN4O2. The Bertz CT molecular complexity index is 1170. The minimum atomic E-state index is -0.420. The topological polar surface area (TPSA) is 63.3 Å². The van der Waals surface area contributed by atoms with Gasteiger partial charge in [-0.05, 0) is 41.5 Å². The predicted octanol–water partition coefficient (Wildman–Crippen LogP) is 4.91. The third-order valence-corrected chi connectivity index (χ3v) is 5.24. The Labute approximate surface area is 179 Å². The van der Waals surface area contributed by atoms with Crippen molar-refractivity contribution in [2.45, 2.75) is 0 Å². The van der Waals surface area contributed by atoms with Crippen LogP contribution in [0.15, 0.2) is 73.2 Å². The number of morpholine rings is 1. The van der Waals surface area contributed by atoms with E-state index in [9.17, 15) is 4.39 Å². The van der Waals surface area contributed by atoms with Crippen molar-refractivity contribution in [1.29, 1.82) is 0 Å². The van der Waals surface area contributed by atoms with E-state index in [4.69, 9.17) is 9.47 Å². The molecule has 1 aliphatic heterocycles. The summed E-state index contributed by atoms with van der Waals surface area (Å²) in [6.07, 6.45) is 5.04. The standard InChI is InChI=1S/C24H21FN4O2/c25-22-13-18(17-2-1-3-20(12-17)29-8-10-30-11-9-29)4-5-24(22)31-21-6-7-26-23(14-21)19-15-27-28-16-19/h1-7,12-16H,8-11H2,(H,27,28). The van der Waals surface area contributed by atoms with Crippen molar-refractivity contribution in [2.24, 2.45) is 0 Å². The van der Waals surface area contributed by atoms with Gasteiger partial charge >= 0.3 is 0 Å². The lowest BCUT2D eigenvalue weighted by Gasteiger charge is -2.29. The number of nitrogens with one attached hydrogen (secondary N) is 1. The summed E-state index contributed by atoms with van der Waals surface area (Å²) in [5.74, 6) is 0.251. The molecule has 5 rings (SSSR count). The van der Waals surface area contributed by atoms with Crippen molar-refractivity contribution >= 4 is 5.69 Å². The fourth-order valence-corrected chi connectivity index (χ4v) is 3.62. The van der Waals surface area contributed by atoms with Crippen LogP contribution in [-0.2, 0) is 4.74 Å². The van der Waals surface area contributed by atoms with E-state index in [-0.39, 0.29) is 5.75 Å². The van der Waals surface area contributed by atoms with Crippen molar-refractivity contribution in [3.8, 4) is 33.9 Å². The molecule has 0 radical (unpaired) electrons. The lowest BCUT2D eigenvalue weighted by Crippen LogP contribution is -2.36. The highest BCUT2D eigenvalue weighted by molar-refractivity contribution is 5.69. The molecule has 6 nitrogen and oxygen atoms in total. The zero-order chi connectivity index (χ0) is 21.0. The number of rotatable bonds is 5. The van der Waals surface area contributed by atoms with Gasteiger partial charge in [-0.3, -0.25) is 10.1 Å². The average molecular weight is 416 g/mol. The van der Waals surface area contributed by atoms with Gasteiger partial charge < -0.3 is 14.4 Å². The largest absolute Gasteiger partial charge is 0.454 e. The molecule has 1 N–H and O–H groups in total. The summed E-state index contributed by atoms with van der Waals surface area (Å²) in [6, 6.07) is 16.6. The molecule has 2 aromatic heterocycles. The zero-order valence-corrected chi connectivity index (χ0v) is 16.8. The fraction of sp³-hybridized carbons (Fsp3) is 0.167. The smallest absolute Gasteiger partial charge is 0.166 e. The fourth-order valence-electron chi connectivity index (χ4n) is 3.62. The molecule has 0 spiro atoms. The minimum Gasteiger partial charge on any atom is -0.454 e. The molecule has 1 saturated heterocycles. The second-order valence-corrected chi connectivity index (χ2v) is 7.26. The number of hydrogen-bond acceptors (Lipinski definition) is 5. The summed E-state index contributed by atoms with van der Waals surface area (Å²) in [5, 5.41) is 6.68. The Morgan fingerprint density at radius 1 is 0.968 bits per heavy atom. The van der Waals surface area contributed by atoms with Crippen molar-refractivity contribution in [2.75, 3.05) is 31.2 Å². The van der Waals surface area contributed by atoms with Gasteiger partial charge in [-0.2, -0.15) is 5.10 Å². The Balaban J connectivity index is 1.37. The van der Waals surface area contributed by atoms with Crippen LogP contribution in [-0.4, -0.2) is 41.5 Å². The van der Waals surface area contributed by atoms with E-state index in [0.717, 1.165) is 48.7 Å². The monoisotopic (exact) mass is 416 g/mol. The molecule has 2 aromatic carbocycles. The molecule has 156 valence electrons. The summed E-state index contributed by atoms with van der Waals surface area (Å²) in [5.41, 5.74) is 4.41. The first-order valence-electron chi connectivity index (χ1n) is 10.1. The Hall–Kier alpha value is -3.71. The van der Waals surface area contributed by atoms with E-state index < -0.39 is 5.82 Å². The van der Waals surface area contributed by atoms with Crippen LogP contribution in [0.1, 0.15) is 0 Å². The quantitative estimate of drug-likeness (QED) is 0.501. The number of H-pyrrole nitrogens is 1. The highest BCUT2D eigenvalue weighted by Crippen LogP contribution is 2.31.